The molecule has 0 aliphatic rings. The van der Waals surface area contributed by atoms with E-state index in [4.69, 9.17) is 0 Å². The number of amides is 1. The average Bonchev–Trinajstić information content (AvgIpc) is 2.81. The van der Waals surface area contributed by atoms with Gasteiger partial charge in [-0.3, -0.25) is 9.69 Å². The zero-order valence-corrected chi connectivity index (χ0v) is 18.1. The quantitative estimate of drug-likeness (QED) is 0.272. The van der Waals surface area contributed by atoms with E-state index < -0.39 is 0 Å². The molecule has 0 radical (unpaired) electrons. The van der Waals surface area contributed by atoms with Crippen LogP contribution >= 0.6 is 0 Å². The molecule has 0 saturated heterocycles. The van der Waals surface area contributed by atoms with Crippen molar-refractivity contribution < 1.29 is 14.3 Å². The first kappa shape index (κ1) is 23.1. The Morgan fingerprint density at radius 1 is 0.938 bits per heavy atom. The second kappa shape index (κ2) is 11.7. The van der Waals surface area contributed by atoms with E-state index in [1.807, 2.05) is 6.07 Å². The van der Waals surface area contributed by atoms with Gasteiger partial charge in [0.1, 0.15) is 17.4 Å². The predicted octanol–water partition coefficient (Wildman–Crippen LogP) is 6.03. The summed E-state index contributed by atoms with van der Waals surface area (Å²) in [5, 5.41) is 13.9. The lowest BCUT2D eigenvalue weighted by molar-refractivity contribution is -0.107. The average molecular weight is 433 g/mol. The number of carbonyl (C=O) groups excluding carboxylic acids is 1. The van der Waals surface area contributed by atoms with Crippen LogP contribution in [0.5, 0.6) is 5.75 Å². The molecule has 0 fully saturated rings. The molecule has 4 nitrogen and oxygen atoms in total. The minimum Gasteiger partial charge on any atom is -0.505 e. The highest BCUT2D eigenvalue weighted by Gasteiger charge is 2.17. The smallest absolute Gasteiger partial charge is 0.219 e. The summed E-state index contributed by atoms with van der Waals surface area (Å²) in [6.07, 6.45) is 6.04. The van der Waals surface area contributed by atoms with Gasteiger partial charge in [0.05, 0.1) is 5.69 Å². The summed E-state index contributed by atoms with van der Waals surface area (Å²) in [5.74, 6) is -0.0116. The predicted molar refractivity (Wildman–Crippen MR) is 128 cm³/mol. The zero-order chi connectivity index (χ0) is 22.8. The number of phenolic OH excluding ortho intramolecular Hbond substituents is 1. The fourth-order valence-corrected chi connectivity index (χ4v) is 3.62. The molecule has 5 heteroatoms. The first-order chi connectivity index (χ1) is 15.6. The van der Waals surface area contributed by atoms with Crippen LogP contribution in [0.25, 0.3) is 11.1 Å². The van der Waals surface area contributed by atoms with Gasteiger partial charge in [-0.2, -0.15) is 0 Å². The van der Waals surface area contributed by atoms with Gasteiger partial charge >= 0.3 is 0 Å². The van der Waals surface area contributed by atoms with E-state index in [0.717, 1.165) is 32.1 Å². The Bertz CT molecular complexity index is 1020. The number of halogens is 1. The van der Waals surface area contributed by atoms with Crippen molar-refractivity contribution in [2.75, 3.05) is 11.4 Å². The molecule has 3 aromatic rings. The normalized spacial score (nSPS) is 10.5. The lowest BCUT2D eigenvalue weighted by atomic mass is 10.0. The number of aromatic hydroxyl groups is 1. The van der Waals surface area contributed by atoms with Gasteiger partial charge < -0.3 is 10.4 Å². The molecule has 0 aromatic heterocycles. The van der Waals surface area contributed by atoms with Gasteiger partial charge in [-0.05, 0) is 48.6 Å². The first-order valence-electron chi connectivity index (χ1n) is 10.9. The number of carbonyl (C=O) groups is 1. The number of phenols is 1. The molecular formula is C27H29FN2O2. The topological polar surface area (TPSA) is 52.6 Å². The number of aryl methyl sites for hydroxylation is 1. The molecule has 0 aliphatic carbocycles. The Hall–Kier alpha value is -3.60. The summed E-state index contributed by atoms with van der Waals surface area (Å²) in [6.45, 7) is 4.64. The van der Waals surface area contributed by atoms with Crippen LogP contribution in [-0.4, -0.2) is 18.1 Å². The molecule has 0 aliphatic heterocycles. The highest BCUT2D eigenvalue weighted by atomic mass is 19.1. The van der Waals surface area contributed by atoms with Crippen molar-refractivity contribution in [1.82, 2.24) is 5.32 Å². The third kappa shape index (κ3) is 6.20. The summed E-state index contributed by atoms with van der Waals surface area (Å²) < 4.78 is 13.2. The van der Waals surface area contributed by atoms with E-state index >= 15 is 0 Å². The number of hydrogen-bond acceptors (Lipinski definition) is 3. The highest BCUT2D eigenvalue weighted by Crippen LogP contribution is 2.37. The van der Waals surface area contributed by atoms with Gasteiger partial charge in [0.2, 0.25) is 6.41 Å². The van der Waals surface area contributed by atoms with E-state index in [1.54, 1.807) is 30.3 Å². The van der Waals surface area contributed by atoms with Crippen molar-refractivity contribution in [2.45, 2.75) is 32.1 Å². The van der Waals surface area contributed by atoms with Crippen LogP contribution in [0, 0.1) is 5.82 Å². The Morgan fingerprint density at radius 3 is 2.38 bits per heavy atom. The minimum atomic E-state index is -0.350. The maximum atomic E-state index is 13.2. The molecule has 1 amide bonds. The van der Waals surface area contributed by atoms with Gasteiger partial charge in [-0.15, -0.1) is 0 Å². The fraction of sp³-hybridized carbons (Fsp3) is 0.222. The van der Waals surface area contributed by atoms with Crippen molar-refractivity contribution in [2.24, 2.45) is 0 Å². The third-order valence-corrected chi connectivity index (χ3v) is 5.39. The van der Waals surface area contributed by atoms with Crippen molar-refractivity contribution in [1.29, 1.82) is 0 Å². The van der Waals surface area contributed by atoms with Crippen molar-refractivity contribution >= 4 is 12.1 Å². The Kier molecular flexibility index (Phi) is 8.44. The van der Waals surface area contributed by atoms with Crippen LogP contribution in [0.4, 0.5) is 10.1 Å². The lowest BCUT2D eigenvalue weighted by Gasteiger charge is -2.23. The molecule has 0 unspecified atom stereocenters. The molecule has 0 bridgehead atoms. The molecule has 0 saturated carbocycles. The van der Waals surface area contributed by atoms with Crippen molar-refractivity contribution in [3.8, 4) is 16.9 Å². The molecule has 32 heavy (non-hydrogen) atoms. The molecule has 0 heterocycles. The summed E-state index contributed by atoms with van der Waals surface area (Å²) in [4.78, 5) is 13.1. The molecule has 0 atom stereocenters. The van der Waals surface area contributed by atoms with Crippen LogP contribution in [-0.2, 0) is 11.2 Å². The summed E-state index contributed by atoms with van der Waals surface area (Å²) in [5.41, 5.74) is 2.86. The number of nitrogens with one attached hydrogen (secondary N) is 1. The molecule has 0 spiro atoms. The Morgan fingerprint density at radius 2 is 1.66 bits per heavy atom. The van der Waals surface area contributed by atoms with Crippen LogP contribution < -0.4 is 10.2 Å². The number of rotatable bonds is 12. The molecule has 166 valence electrons. The summed E-state index contributed by atoms with van der Waals surface area (Å²) in [7, 11) is 0. The van der Waals surface area contributed by atoms with Gasteiger partial charge in [0.25, 0.3) is 0 Å². The van der Waals surface area contributed by atoms with Gasteiger partial charge in [0.15, 0.2) is 0 Å². The molecule has 2 N–H and O–H groups in total. The van der Waals surface area contributed by atoms with E-state index in [1.165, 1.54) is 22.6 Å². The maximum Gasteiger partial charge on any atom is 0.219 e. The summed E-state index contributed by atoms with van der Waals surface area (Å²) in [6, 6.07) is 21.4. The number of nitrogens with zero attached hydrogens (tertiary/aromatic N) is 1. The second-order valence-electron chi connectivity index (χ2n) is 7.68. The van der Waals surface area contributed by atoms with Gasteiger partial charge in [0, 0.05) is 12.1 Å². The van der Waals surface area contributed by atoms with Crippen molar-refractivity contribution in [3.63, 3.8) is 0 Å². The van der Waals surface area contributed by atoms with Crippen LogP contribution in [0.15, 0.2) is 85.2 Å². The number of anilines is 1. The number of para-hydroxylation sites is 1. The van der Waals surface area contributed by atoms with Crippen LogP contribution in [0.3, 0.4) is 0 Å². The number of hydrogen-bond donors (Lipinski definition) is 2. The maximum absolute atomic E-state index is 13.2. The lowest BCUT2D eigenvalue weighted by Crippen LogP contribution is -2.30. The standard InChI is InChI=1S/C27H29FN2O2/c1-21(29-19-8-3-2-5-10-22-11-6-4-7-12-22)30(20-31)26-14-9-13-25(27(26)32)23-15-17-24(28)18-16-23/h4,6-7,9,11-18,20,29,32H,1-3,5,8,10,19H2. The first-order valence-corrected chi connectivity index (χ1v) is 10.9. The second-order valence-corrected chi connectivity index (χ2v) is 7.68. The molecule has 3 aromatic carbocycles. The van der Waals surface area contributed by atoms with Gasteiger partial charge in [-0.1, -0.05) is 74.0 Å². The van der Waals surface area contributed by atoms with Gasteiger partial charge in [-0.25, -0.2) is 4.39 Å². The fourth-order valence-electron chi connectivity index (χ4n) is 3.62. The van der Waals surface area contributed by atoms with Crippen LogP contribution in [0.1, 0.15) is 31.2 Å². The highest BCUT2D eigenvalue weighted by molar-refractivity contribution is 5.87. The van der Waals surface area contributed by atoms with E-state index in [9.17, 15) is 14.3 Å². The van der Waals surface area contributed by atoms with Crippen molar-refractivity contribution in [3.05, 3.63) is 96.6 Å². The SMILES string of the molecule is C=C(NCCCCCCc1ccccc1)N(C=O)c1cccc(-c2ccc(F)cc2)c1O. The van der Waals surface area contributed by atoms with E-state index in [2.05, 4.69) is 36.2 Å². The number of unbranched alkanes of at least 4 members (excludes halogenated alkanes) is 3. The van der Waals surface area contributed by atoms with E-state index in [-0.39, 0.29) is 11.6 Å². The molecular weight excluding hydrogens is 403 g/mol. The summed E-state index contributed by atoms with van der Waals surface area (Å²) >= 11 is 0. The Balaban J connectivity index is 1.50. The van der Waals surface area contributed by atoms with E-state index in [0.29, 0.717) is 35.6 Å². The monoisotopic (exact) mass is 432 g/mol. The number of benzene rings is 3. The minimum absolute atomic E-state index is 0.0601. The molecule has 3 rings (SSSR count). The Labute approximate surface area is 189 Å². The zero-order valence-electron chi connectivity index (χ0n) is 18.1. The van der Waals surface area contributed by atoms with Crippen LogP contribution in [0.2, 0.25) is 0 Å². The third-order valence-electron chi connectivity index (χ3n) is 5.39. The largest absolute Gasteiger partial charge is 0.505 e.